The van der Waals surface area contributed by atoms with E-state index in [1.807, 2.05) is 48.6 Å². The number of hydrogen-bond acceptors (Lipinski definition) is 5. The maximum Gasteiger partial charge on any atom is 0.306 e. The lowest BCUT2D eigenvalue weighted by molar-refractivity contribution is -0.151. The SMILES string of the molecule is CC\C=C/C=C/C=C/C=C\C=C\C=C\CCCCCC(=O)OC(CCCCCCCCCCCCCCC)CC(=O)NC(CO)C(O)CCCCCCCCCCCCCCC. The van der Waals surface area contributed by atoms with Gasteiger partial charge in [-0.1, -0.05) is 261 Å². The third-order valence-electron chi connectivity index (χ3n) is 11.7. The fourth-order valence-corrected chi connectivity index (χ4v) is 7.76. The van der Waals surface area contributed by atoms with Gasteiger partial charge in [0.25, 0.3) is 0 Å². The van der Waals surface area contributed by atoms with Crippen LogP contribution in [0, 0.1) is 0 Å². The molecule has 6 nitrogen and oxygen atoms in total. The average molecular weight is 866 g/mol. The lowest BCUT2D eigenvalue weighted by Gasteiger charge is -2.24. The Labute approximate surface area is 383 Å². The van der Waals surface area contributed by atoms with Crippen molar-refractivity contribution in [1.82, 2.24) is 5.32 Å². The molecule has 0 aromatic rings. The quantitative estimate of drug-likeness (QED) is 0.0322. The fourth-order valence-electron chi connectivity index (χ4n) is 7.76. The molecule has 3 unspecified atom stereocenters. The summed E-state index contributed by atoms with van der Waals surface area (Å²) in [6, 6.07) is -0.712. The van der Waals surface area contributed by atoms with Crippen molar-refractivity contribution in [3.8, 4) is 0 Å². The molecule has 0 aliphatic heterocycles. The van der Waals surface area contributed by atoms with E-state index < -0.39 is 18.2 Å². The fraction of sp³-hybridized carbons (Fsp3) is 0.750. The number of allylic oxidation sites excluding steroid dienone is 12. The average Bonchev–Trinajstić information content (AvgIpc) is 3.26. The highest BCUT2D eigenvalue weighted by Gasteiger charge is 2.24. The van der Waals surface area contributed by atoms with E-state index in [1.165, 1.54) is 128 Å². The summed E-state index contributed by atoms with van der Waals surface area (Å²) in [7, 11) is 0. The summed E-state index contributed by atoms with van der Waals surface area (Å²) >= 11 is 0. The van der Waals surface area contributed by atoms with E-state index >= 15 is 0 Å². The van der Waals surface area contributed by atoms with E-state index in [0.29, 0.717) is 19.3 Å². The minimum absolute atomic E-state index is 0.0590. The van der Waals surface area contributed by atoms with Crippen LogP contribution in [-0.2, 0) is 14.3 Å². The van der Waals surface area contributed by atoms with Gasteiger partial charge in [-0.15, -0.1) is 0 Å². The number of aliphatic hydroxyl groups is 2. The van der Waals surface area contributed by atoms with Crippen molar-refractivity contribution in [3.63, 3.8) is 0 Å². The zero-order valence-corrected chi connectivity index (χ0v) is 40.7. The van der Waals surface area contributed by atoms with E-state index in [4.69, 9.17) is 4.74 Å². The number of ether oxygens (including phenoxy) is 1. The molecule has 0 aromatic heterocycles. The number of amides is 1. The largest absolute Gasteiger partial charge is 0.462 e. The summed E-state index contributed by atoms with van der Waals surface area (Å²) in [6.07, 6.45) is 62.4. The molecule has 0 aliphatic carbocycles. The molecule has 358 valence electrons. The molecule has 0 saturated heterocycles. The van der Waals surface area contributed by atoms with Gasteiger partial charge in [-0.25, -0.2) is 0 Å². The Morgan fingerprint density at radius 1 is 0.484 bits per heavy atom. The second kappa shape index (κ2) is 49.3. The van der Waals surface area contributed by atoms with E-state index in [0.717, 1.165) is 70.6 Å². The number of rotatable bonds is 46. The Morgan fingerprint density at radius 2 is 0.871 bits per heavy atom. The number of unbranched alkanes of at least 4 members (excludes halogenated alkanes) is 27. The number of carbonyl (C=O) groups is 2. The first-order valence-corrected chi connectivity index (χ1v) is 26.2. The van der Waals surface area contributed by atoms with Crippen molar-refractivity contribution in [2.45, 2.75) is 264 Å². The van der Waals surface area contributed by atoms with Crippen molar-refractivity contribution in [2.24, 2.45) is 0 Å². The molecule has 3 N–H and O–H groups in total. The monoisotopic (exact) mass is 866 g/mol. The van der Waals surface area contributed by atoms with Crippen molar-refractivity contribution in [2.75, 3.05) is 6.61 Å². The van der Waals surface area contributed by atoms with Crippen LogP contribution in [0.4, 0.5) is 0 Å². The van der Waals surface area contributed by atoms with E-state index in [2.05, 4.69) is 50.4 Å². The van der Waals surface area contributed by atoms with Gasteiger partial charge in [-0.05, 0) is 44.9 Å². The lowest BCUT2D eigenvalue weighted by atomic mass is 10.0. The molecule has 0 heterocycles. The summed E-state index contributed by atoms with van der Waals surface area (Å²) in [5, 5.41) is 23.8. The van der Waals surface area contributed by atoms with Gasteiger partial charge >= 0.3 is 5.97 Å². The molecule has 0 rings (SSSR count). The standard InChI is InChI=1S/C56H99NO5/c1-4-7-10-13-16-19-22-25-26-27-28-31-34-37-40-43-46-49-56(61)62-52(47-44-41-38-35-32-29-23-20-17-14-11-8-5-2)50-55(60)57-53(51-58)54(59)48-45-42-39-36-33-30-24-21-18-15-12-9-6-3/h7,10,13,16,19,22,25-28,31,34,52-54,58-59H,4-6,8-9,11-12,14-15,17-18,20-21,23-24,29-30,32-33,35-51H2,1-3H3,(H,57,60)/b10-7-,16-13+,22-19+,26-25-,28-27+,34-31+. The molecule has 0 radical (unpaired) electrons. The van der Waals surface area contributed by atoms with E-state index in [-0.39, 0.29) is 24.9 Å². The first-order valence-electron chi connectivity index (χ1n) is 26.2. The van der Waals surface area contributed by atoms with Gasteiger partial charge in [0.1, 0.15) is 6.10 Å². The van der Waals surface area contributed by atoms with Crippen molar-refractivity contribution < 1.29 is 24.5 Å². The number of nitrogens with one attached hydrogen (secondary N) is 1. The Kier molecular flexibility index (Phi) is 47.2. The van der Waals surface area contributed by atoms with Gasteiger partial charge in [0.2, 0.25) is 5.91 Å². The summed E-state index contributed by atoms with van der Waals surface area (Å²) in [4.78, 5) is 26.2. The van der Waals surface area contributed by atoms with Gasteiger partial charge in [0.05, 0.1) is 25.2 Å². The summed E-state index contributed by atoms with van der Waals surface area (Å²) in [5.74, 6) is -0.521. The van der Waals surface area contributed by atoms with Gasteiger partial charge in [-0.2, -0.15) is 0 Å². The third kappa shape index (κ3) is 43.9. The molecule has 0 fully saturated rings. The third-order valence-corrected chi connectivity index (χ3v) is 11.7. The van der Waals surface area contributed by atoms with Crippen molar-refractivity contribution >= 4 is 11.9 Å². The van der Waals surface area contributed by atoms with Crippen LogP contribution in [0.2, 0.25) is 0 Å². The highest BCUT2D eigenvalue weighted by molar-refractivity contribution is 5.77. The molecule has 0 aliphatic rings. The highest BCUT2D eigenvalue weighted by Crippen LogP contribution is 2.18. The molecule has 62 heavy (non-hydrogen) atoms. The van der Waals surface area contributed by atoms with Gasteiger partial charge in [0, 0.05) is 6.42 Å². The Morgan fingerprint density at radius 3 is 1.31 bits per heavy atom. The summed E-state index contributed by atoms with van der Waals surface area (Å²) < 4.78 is 5.92. The van der Waals surface area contributed by atoms with Crippen molar-refractivity contribution in [3.05, 3.63) is 72.9 Å². The zero-order valence-electron chi connectivity index (χ0n) is 40.7. The topological polar surface area (TPSA) is 95.9 Å². The van der Waals surface area contributed by atoms with Gasteiger partial charge in [0.15, 0.2) is 0 Å². The zero-order chi connectivity index (χ0) is 45.2. The molecule has 0 spiro atoms. The predicted molar refractivity (Wildman–Crippen MR) is 268 cm³/mol. The van der Waals surface area contributed by atoms with Crippen molar-refractivity contribution in [1.29, 1.82) is 0 Å². The smallest absolute Gasteiger partial charge is 0.306 e. The van der Waals surface area contributed by atoms with Crippen LogP contribution in [0.25, 0.3) is 0 Å². The van der Waals surface area contributed by atoms with Crippen LogP contribution < -0.4 is 5.32 Å². The summed E-state index contributed by atoms with van der Waals surface area (Å²) in [6.45, 7) is 6.33. The molecule has 6 heteroatoms. The minimum Gasteiger partial charge on any atom is -0.462 e. The maximum atomic E-state index is 13.2. The second-order valence-corrected chi connectivity index (χ2v) is 17.7. The van der Waals surface area contributed by atoms with Crippen LogP contribution in [0.15, 0.2) is 72.9 Å². The van der Waals surface area contributed by atoms with E-state index in [1.54, 1.807) is 0 Å². The number of aliphatic hydroxyl groups excluding tert-OH is 2. The van der Waals surface area contributed by atoms with Gasteiger partial charge < -0.3 is 20.3 Å². The maximum absolute atomic E-state index is 13.2. The second-order valence-electron chi connectivity index (χ2n) is 17.7. The van der Waals surface area contributed by atoms with Crippen LogP contribution in [0.1, 0.15) is 245 Å². The molecule has 0 bridgehead atoms. The number of esters is 1. The number of carbonyl (C=O) groups excluding carboxylic acids is 2. The normalized spacial score (nSPS) is 13.8. The van der Waals surface area contributed by atoms with E-state index in [9.17, 15) is 19.8 Å². The molecule has 3 atom stereocenters. The molecule has 1 amide bonds. The Balaban J connectivity index is 4.66. The van der Waals surface area contributed by atoms with Gasteiger partial charge in [-0.3, -0.25) is 9.59 Å². The van der Waals surface area contributed by atoms with Crippen LogP contribution in [0.3, 0.4) is 0 Å². The molecular weight excluding hydrogens is 767 g/mol. The minimum atomic E-state index is -0.797. The first kappa shape index (κ1) is 59.3. The van der Waals surface area contributed by atoms with Crippen LogP contribution >= 0.6 is 0 Å². The lowest BCUT2D eigenvalue weighted by Crippen LogP contribution is -2.46. The molecule has 0 aromatic carbocycles. The van der Waals surface area contributed by atoms with Crippen LogP contribution in [0.5, 0.6) is 0 Å². The summed E-state index contributed by atoms with van der Waals surface area (Å²) in [5.41, 5.74) is 0. The molecule has 0 saturated carbocycles. The Bertz CT molecular complexity index is 1150. The number of hydrogen-bond donors (Lipinski definition) is 3. The predicted octanol–water partition coefficient (Wildman–Crippen LogP) is 15.8. The Hall–Kier alpha value is -2.70. The first-order chi connectivity index (χ1) is 30.5. The molecular formula is C56H99NO5. The van der Waals surface area contributed by atoms with Crippen LogP contribution in [-0.4, -0.2) is 46.9 Å². The highest BCUT2D eigenvalue weighted by atomic mass is 16.5.